The summed E-state index contributed by atoms with van der Waals surface area (Å²) in [4.78, 5) is 28.0. The maximum absolute atomic E-state index is 12.2. The molecule has 2 rings (SSSR count). The van der Waals surface area contributed by atoms with E-state index >= 15 is 0 Å². The number of amides is 1. The summed E-state index contributed by atoms with van der Waals surface area (Å²) in [5, 5.41) is 2.57. The summed E-state index contributed by atoms with van der Waals surface area (Å²) in [7, 11) is -3.61. The van der Waals surface area contributed by atoms with Gasteiger partial charge in [-0.3, -0.25) is 4.79 Å². The molecule has 1 unspecified atom stereocenters. The number of aromatic nitrogens is 1. The molecule has 1 aromatic heterocycles. The van der Waals surface area contributed by atoms with E-state index in [0.29, 0.717) is 5.69 Å². The third-order valence-corrected chi connectivity index (χ3v) is 5.02. The number of benzene rings is 1. The second kappa shape index (κ2) is 8.74. The van der Waals surface area contributed by atoms with Crippen LogP contribution in [-0.4, -0.2) is 37.4 Å². The van der Waals surface area contributed by atoms with Crippen molar-refractivity contribution in [1.29, 1.82) is 0 Å². The van der Waals surface area contributed by atoms with Gasteiger partial charge in [0.15, 0.2) is 6.10 Å². The quantitative estimate of drug-likeness (QED) is 0.697. The molecule has 0 spiro atoms. The molecule has 0 saturated heterocycles. The number of nitrogens with zero attached hydrogens (tertiary/aromatic N) is 1. The van der Waals surface area contributed by atoms with Crippen LogP contribution in [0.4, 0.5) is 5.69 Å². The van der Waals surface area contributed by atoms with Gasteiger partial charge in [0.05, 0.1) is 4.90 Å². The molecule has 2 aromatic rings. The van der Waals surface area contributed by atoms with Crippen molar-refractivity contribution in [3.8, 4) is 0 Å². The third-order valence-electron chi connectivity index (χ3n) is 3.35. The Morgan fingerprint density at radius 1 is 1.04 bits per heavy atom. The third kappa shape index (κ3) is 5.87. The van der Waals surface area contributed by atoms with E-state index in [4.69, 9.17) is 4.74 Å². The van der Waals surface area contributed by atoms with Gasteiger partial charge in [0.25, 0.3) is 5.91 Å². The van der Waals surface area contributed by atoms with Gasteiger partial charge in [0, 0.05) is 17.9 Å². The Balaban J connectivity index is 1.98. The highest BCUT2D eigenvalue weighted by molar-refractivity contribution is 7.89. The lowest BCUT2D eigenvalue weighted by molar-refractivity contribution is -0.123. The van der Waals surface area contributed by atoms with Gasteiger partial charge in [-0.15, -0.1) is 0 Å². The van der Waals surface area contributed by atoms with Crippen LogP contribution in [0, 0.1) is 0 Å². The fraction of sp³-hybridized carbons (Fsp3) is 0.278. The van der Waals surface area contributed by atoms with Crippen LogP contribution in [0.15, 0.2) is 53.6 Å². The van der Waals surface area contributed by atoms with Gasteiger partial charge in [-0.1, -0.05) is 6.07 Å². The van der Waals surface area contributed by atoms with E-state index in [-0.39, 0.29) is 16.6 Å². The normalized spacial score (nSPS) is 12.4. The van der Waals surface area contributed by atoms with Crippen LogP contribution < -0.4 is 10.0 Å². The molecular weight excluding hydrogens is 370 g/mol. The predicted molar refractivity (Wildman–Crippen MR) is 99.6 cm³/mol. The summed E-state index contributed by atoms with van der Waals surface area (Å²) in [6.45, 7) is 4.88. The molecule has 0 aliphatic rings. The molecule has 0 saturated carbocycles. The molecule has 1 amide bonds. The first-order valence-electron chi connectivity index (χ1n) is 8.24. The van der Waals surface area contributed by atoms with E-state index in [1.54, 1.807) is 26.0 Å². The second-order valence-electron chi connectivity index (χ2n) is 6.05. The van der Waals surface area contributed by atoms with Crippen molar-refractivity contribution < 1.29 is 22.7 Å². The lowest BCUT2D eigenvalue weighted by atomic mass is 10.3. The van der Waals surface area contributed by atoms with Crippen LogP contribution in [0.5, 0.6) is 0 Å². The highest BCUT2D eigenvalue weighted by atomic mass is 32.2. The number of esters is 1. The standard InChI is InChI=1S/C18H21N3O5S/c1-12(2)21-27(24,25)15-9-7-14(8-10-15)20-17(22)13(3)26-18(23)16-6-4-5-11-19-16/h4-13,21H,1-3H3,(H,20,22). The lowest BCUT2D eigenvalue weighted by Gasteiger charge is -2.14. The molecule has 0 aliphatic heterocycles. The Morgan fingerprint density at radius 2 is 1.70 bits per heavy atom. The van der Waals surface area contributed by atoms with Crippen molar-refractivity contribution in [2.45, 2.75) is 37.8 Å². The van der Waals surface area contributed by atoms with Gasteiger partial charge >= 0.3 is 5.97 Å². The molecule has 1 heterocycles. The highest BCUT2D eigenvalue weighted by Crippen LogP contribution is 2.15. The Kier molecular flexibility index (Phi) is 6.65. The van der Waals surface area contributed by atoms with E-state index in [1.807, 2.05) is 0 Å². The van der Waals surface area contributed by atoms with Crippen molar-refractivity contribution >= 4 is 27.6 Å². The van der Waals surface area contributed by atoms with Gasteiger partial charge in [0.2, 0.25) is 10.0 Å². The predicted octanol–water partition coefficient (Wildman–Crippen LogP) is 1.95. The summed E-state index contributed by atoms with van der Waals surface area (Å²) in [6.07, 6.45) is 0.399. The topological polar surface area (TPSA) is 114 Å². The van der Waals surface area contributed by atoms with Crippen LogP contribution in [-0.2, 0) is 19.6 Å². The average molecular weight is 391 g/mol. The summed E-state index contributed by atoms with van der Waals surface area (Å²) in [5.41, 5.74) is 0.480. The molecule has 0 fully saturated rings. The van der Waals surface area contributed by atoms with E-state index in [1.165, 1.54) is 43.5 Å². The van der Waals surface area contributed by atoms with Crippen LogP contribution >= 0.6 is 0 Å². The monoisotopic (exact) mass is 391 g/mol. The number of pyridine rings is 1. The summed E-state index contributed by atoms with van der Waals surface area (Å²) >= 11 is 0. The number of carbonyl (C=O) groups is 2. The number of nitrogens with one attached hydrogen (secondary N) is 2. The Hall–Kier alpha value is -2.78. The van der Waals surface area contributed by atoms with Crippen molar-refractivity contribution in [2.75, 3.05) is 5.32 Å². The molecule has 0 aliphatic carbocycles. The maximum Gasteiger partial charge on any atom is 0.357 e. The smallest absolute Gasteiger partial charge is 0.357 e. The molecule has 1 aromatic carbocycles. The molecule has 144 valence electrons. The van der Waals surface area contributed by atoms with Crippen molar-refractivity contribution in [3.63, 3.8) is 0 Å². The fourth-order valence-electron chi connectivity index (χ4n) is 2.10. The molecule has 27 heavy (non-hydrogen) atoms. The van der Waals surface area contributed by atoms with E-state index in [2.05, 4.69) is 15.0 Å². The van der Waals surface area contributed by atoms with Crippen LogP contribution in [0.3, 0.4) is 0 Å². The second-order valence-corrected chi connectivity index (χ2v) is 7.77. The number of carbonyl (C=O) groups excluding carboxylic acids is 2. The minimum atomic E-state index is -3.61. The van der Waals surface area contributed by atoms with Gasteiger partial charge in [-0.05, 0) is 57.2 Å². The van der Waals surface area contributed by atoms with Gasteiger partial charge in [-0.2, -0.15) is 0 Å². The first-order chi connectivity index (χ1) is 12.7. The summed E-state index contributed by atoms with van der Waals surface area (Å²) in [6, 6.07) is 10.2. The SMILES string of the molecule is CC(C)NS(=O)(=O)c1ccc(NC(=O)C(C)OC(=O)c2ccccn2)cc1. The Bertz CT molecular complexity index is 896. The molecule has 9 heteroatoms. The van der Waals surface area contributed by atoms with Gasteiger partial charge < -0.3 is 10.1 Å². The molecule has 0 bridgehead atoms. The zero-order valence-corrected chi connectivity index (χ0v) is 16.0. The zero-order chi connectivity index (χ0) is 20.0. The lowest BCUT2D eigenvalue weighted by Crippen LogP contribution is -2.31. The Morgan fingerprint density at radius 3 is 2.26 bits per heavy atom. The zero-order valence-electron chi connectivity index (χ0n) is 15.2. The summed E-state index contributed by atoms with van der Waals surface area (Å²) in [5.74, 6) is -1.25. The first-order valence-corrected chi connectivity index (χ1v) is 9.72. The molecular formula is C18H21N3O5S. The average Bonchev–Trinajstić information content (AvgIpc) is 2.61. The molecule has 2 N–H and O–H groups in total. The van der Waals surface area contributed by atoms with Crippen LogP contribution in [0.1, 0.15) is 31.3 Å². The highest BCUT2D eigenvalue weighted by Gasteiger charge is 2.20. The van der Waals surface area contributed by atoms with E-state index < -0.39 is 28.0 Å². The van der Waals surface area contributed by atoms with Crippen LogP contribution in [0.25, 0.3) is 0 Å². The van der Waals surface area contributed by atoms with E-state index in [0.717, 1.165) is 0 Å². The Labute approximate surface area is 158 Å². The number of anilines is 1. The van der Waals surface area contributed by atoms with Crippen molar-refractivity contribution in [2.24, 2.45) is 0 Å². The number of hydrogen-bond donors (Lipinski definition) is 2. The number of rotatable bonds is 7. The molecule has 0 radical (unpaired) electrons. The van der Waals surface area contributed by atoms with Crippen molar-refractivity contribution in [1.82, 2.24) is 9.71 Å². The molecule has 8 nitrogen and oxygen atoms in total. The minimum absolute atomic E-state index is 0.0869. The van der Waals surface area contributed by atoms with Crippen LogP contribution in [0.2, 0.25) is 0 Å². The largest absolute Gasteiger partial charge is 0.448 e. The number of sulfonamides is 1. The van der Waals surface area contributed by atoms with Crippen molar-refractivity contribution in [3.05, 3.63) is 54.4 Å². The van der Waals surface area contributed by atoms with Gasteiger partial charge in [0.1, 0.15) is 5.69 Å². The fourth-order valence-corrected chi connectivity index (χ4v) is 3.35. The summed E-state index contributed by atoms with van der Waals surface area (Å²) < 4.78 is 31.7. The molecule has 1 atom stereocenters. The number of hydrogen-bond acceptors (Lipinski definition) is 6. The first kappa shape index (κ1) is 20.5. The van der Waals surface area contributed by atoms with Gasteiger partial charge in [-0.25, -0.2) is 22.9 Å². The minimum Gasteiger partial charge on any atom is -0.448 e. The number of ether oxygens (including phenoxy) is 1. The van der Waals surface area contributed by atoms with E-state index in [9.17, 15) is 18.0 Å². The maximum atomic E-state index is 12.2.